The van der Waals surface area contributed by atoms with E-state index in [4.69, 9.17) is 4.74 Å². The highest BCUT2D eigenvalue weighted by atomic mass is 32.2. The summed E-state index contributed by atoms with van der Waals surface area (Å²) in [5.74, 6) is 1.48. The molecule has 1 unspecified atom stereocenters. The smallest absolute Gasteiger partial charge is 0.254 e. The summed E-state index contributed by atoms with van der Waals surface area (Å²) in [6.45, 7) is 2.69. The van der Waals surface area contributed by atoms with Gasteiger partial charge in [-0.3, -0.25) is 9.59 Å². The Morgan fingerprint density at radius 2 is 1.97 bits per heavy atom. The van der Waals surface area contributed by atoms with Gasteiger partial charge < -0.3 is 19.5 Å². The van der Waals surface area contributed by atoms with Gasteiger partial charge in [0, 0.05) is 30.9 Å². The lowest BCUT2D eigenvalue weighted by Gasteiger charge is -2.24. The van der Waals surface area contributed by atoms with Crippen LogP contribution in [0.5, 0.6) is 5.75 Å². The number of ether oxygens (including phenoxy) is 1. The lowest BCUT2D eigenvalue weighted by atomic mass is 10.1. The second kappa shape index (κ2) is 10.1. The predicted octanol–water partition coefficient (Wildman–Crippen LogP) is 3.84. The molecule has 0 bridgehead atoms. The predicted molar refractivity (Wildman–Crippen MR) is 128 cm³/mol. The van der Waals surface area contributed by atoms with E-state index >= 15 is 0 Å². The molecule has 0 saturated carbocycles. The number of rotatable bonds is 7. The summed E-state index contributed by atoms with van der Waals surface area (Å²) < 4.78 is 7.07. The summed E-state index contributed by atoms with van der Waals surface area (Å²) in [7, 11) is 3.47. The van der Waals surface area contributed by atoms with Gasteiger partial charge in [-0.2, -0.15) is 0 Å². The van der Waals surface area contributed by atoms with Crippen LogP contribution in [-0.2, 0) is 11.8 Å². The van der Waals surface area contributed by atoms with Crippen molar-refractivity contribution in [1.82, 2.24) is 19.7 Å². The van der Waals surface area contributed by atoms with Gasteiger partial charge in [-0.25, -0.2) is 0 Å². The van der Waals surface area contributed by atoms with Crippen LogP contribution < -0.4 is 10.1 Å². The molecule has 4 rings (SSSR count). The molecular weight excluding hydrogens is 438 g/mol. The Kier molecular flexibility index (Phi) is 6.98. The first-order chi connectivity index (χ1) is 16.0. The topological polar surface area (TPSA) is 89.3 Å². The summed E-state index contributed by atoms with van der Waals surface area (Å²) in [4.78, 5) is 27.4. The van der Waals surface area contributed by atoms with Gasteiger partial charge in [0.15, 0.2) is 11.0 Å². The highest BCUT2D eigenvalue weighted by Gasteiger charge is 2.34. The third-order valence-electron chi connectivity index (χ3n) is 5.66. The second-order valence-corrected chi connectivity index (χ2v) is 8.93. The summed E-state index contributed by atoms with van der Waals surface area (Å²) in [6.07, 6.45) is 1.76. The first-order valence-electron chi connectivity index (χ1n) is 10.8. The van der Waals surface area contributed by atoms with Gasteiger partial charge in [-0.05, 0) is 44.0 Å². The molecule has 1 aliphatic rings. The summed E-state index contributed by atoms with van der Waals surface area (Å²) in [5.41, 5.74) is 2.48. The third kappa shape index (κ3) is 5.19. The Morgan fingerprint density at radius 3 is 2.73 bits per heavy atom. The molecule has 2 heterocycles. The number of anilines is 1. The number of hydrogen-bond acceptors (Lipinski definition) is 6. The van der Waals surface area contributed by atoms with Crippen LogP contribution in [0.25, 0.3) is 0 Å². The standard InChI is InChI=1S/C24H27N5O3S/c1-16-9-11-17(12-10-16)23(31)29-13-5-8-20(29)22-26-27-24(28(22)2)33-15-21(30)25-18-6-4-7-19(14-18)32-3/h4,6-7,9-12,14,20H,5,8,13,15H2,1-3H3,(H,25,30). The number of carbonyl (C=O) groups is 2. The Morgan fingerprint density at radius 1 is 1.18 bits per heavy atom. The number of hydrogen-bond donors (Lipinski definition) is 1. The molecule has 1 N–H and O–H groups in total. The molecule has 172 valence electrons. The number of likely N-dealkylation sites (tertiary alicyclic amines) is 1. The number of carbonyl (C=O) groups excluding carboxylic acids is 2. The Bertz CT molecular complexity index is 1150. The molecule has 0 spiro atoms. The number of amides is 2. The molecule has 8 nitrogen and oxygen atoms in total. The number of aryl methyl sites for hydroxylation is 1. The molecule has 1 aromatic heterocycles. The van der Waals surface area contributed by atoms with Crippen molar-refractivity contribution in [1.29, 1.82) is 0 Å². The van der Waals surface area contributed by atoms with Gasteiger partial charge in [0.2, 0.25) is 5.91 Å². The molecule has 9 heteroatoms. The highest BCUT2D eigenvalue weighted by molar-refractivity contribution is 7.99. The van der Waals surface area contributed by atoms with Gasteiger partial charge in [0.05, 0.1) is 18.9 Å². The van der Waals surface area contributed by atoms with E-state index in [2.05, 4.69) is 15.5 Å². The van der Waals surface area contributed by atoms with E-state index in [0.717, 1.165) is 24.2 Å². The van der Waals surface area contributed by atoms with E-state index < -0.39 is 0 Å². The lowest BCUT2D eigenvalue weighted by Crippen LogP contribution is -2.31. The molecule has 1 atom stereocenters. The number of benzene rings is 2. The van der Waals surface area contributed by atoms with Gasteiger partial charge in [-0.1, -0.05) is 35.5 Å². The number of methoxy groups -OCH3 is 1. The maximum Gasteiger partial charge on any atom is 0.254 e. The first-order valence-corrected chi connectivity index (χ1v) is 11.8. The Balaban J connectivity index is 1.40. The molecule has 1 saturated heterocycles. The van der Waals surface area contributed by atoms with Crippen molar-refractivity contribution < 1.29 is 14.3 Å². The van der Waals surface area contributed by atoms with Crippen molar-refractivity contribution in [2.75, 3.05) is 24.7 Å². The van der Waals surface area contributed by atoms with E-state index in [1.165, 1.54) is 11.8 Å². The van der Waals surface area contributed by atoms with Crippen LogP contribution in [0.2, 0.25) is 0 Å². The van der Waals surface area contributed by atoms with E-state index in [1.54, 1.807) is 13.2 Å². The van der Waals surface area contributed by atoms with E-state index in [9.17, 15) is 9.59 Å². The van der Waals surface area contributed by atoms with Gasteiger partial charge in [0.1, 0.15) is 5.75 Å². The Labute approximate surface area is 197 Å². The van der Waals surface area contributed by atoms with Crippen LogP contribution in [0.4, 0.5) is 5.69 Å². The van der Waals surface area contributed by atoms with Gasteiger partial charge in [0.25, 0.3) is 5.91 Å². The maximum absolute atomic E-state index is 13.1. The first kappa shape index (κ1) is 22.8. The average molecular weight is 466 g/mol. The number of thioether (sulfide) groups is 1. The zero-order valence-corrected chi connectivity index (χ0v) is 19.8. The number of nitrogens with zero attached hydrogens (tertiary/aromatic N) is 4. The van der Waals surface area contributed by atoms with Gasteiger partial charge in [-0.15, -0.1) is 10.2 Å². The minimum atomic E-state index is -0.144. The monoisotopic (exact) mass is 465 g/mol. The van der Waals surface area contributed by atoms with Crippen LogP contribution >= 0.6 is 11.8 Å². The minimum absolute atomic E-state index is 0.00682. The SMILES string of the molecule is COc1cccc(NC(=O)CSc2nnc(C3CCCN3C(=O)c3ccc(C)cc3)n2C)c1. The largest absolute Gasteiger partial charge is 0.497 e. The maximum atomic E-state index is 13.1. The van der Waals surface area contributed by atoms with E-state index in [1.807, 2.05) is 65.9 Å². The fourth-order valence-electron chi connectivity index (χ4n) is 3.91. The zero-order valence-electron chi connectivity index (χ0n) is 18.9. The van der Waals surface area contributed by atoms with Crippen LogP contribution in [0.1, 0.15) is 40.6 Å². The third-order valence-corrected chi connectivity index (χ3v) is 6.68. The van der Waals surface area contributed by atoms with E-state index in [0.29, 0.717) is 28.7 Å². The van der Waals surface area contributed by atoms with E-state index in [-0.39, 0.29) is 23.6 Å². The van der Waals surface area contributed by atoms with Gasteiger partial charge >= 0.3 is 0 Å². The lowest BCUT2D eigenvalue weighted by molar-refractivity contribution is -0.113. The summed E-state index contributed by atoms with van der Waals surface area (Å²) in [5, 5.41) is 12.2. The fourth-order valence-corrected chi connectivity index (χ4v) is 4.63. The second-order valence-electron chi connectivity index (χ2n) is 7.99. The molecule has 2 amide bonds. The highest BCUT2D eigenvalue weighted by Crippen LogP contribution is 2.33. The molecule has 1 aliphatic heterocycles. The molecule has 33 heavy (non-hydrogen) atoms. The summed E-state index contributed by atoms with van der Waals surface area (Å²) in [6, 6.07) is 14.7. The van der Waals surface area contributed by atoms with Crippen LogP contribution in [0.15, 0.2) is 53.7 Å². The Hall–Kier alpha value is -3.33. The normalized spacial score (nSPS) is 15.5. The summed E-state index contributed by atoms with van der Waals surface area (Å²) >= 11 is 1.31. The van der Waals surface area contributed by atoms with Crippen molar-refractivity contribution >= 4 is 29.3 Å². The van der Waals surface area contributed by atoms with Crippen molar-refractivity contribution in [3.63, 3.8) is 0 Å². The molecule has 0 aliphatic carbocycles. The number of nitrogens with one attached hydrogen (secondary N) is 1. The molecule has 3 aromatic rings. The zero-order chi connectivity index (χ0) is 23.4. The van der Waals surface area contributed by atoms with Crippen LogP contribution in [0.3, 0.4) is 0 Å². The molecule has 1 fully saturated rings. The van der Waals surface area contributed by atoms with Crippen molar-refractivity contribution in [3.8, 4) is 5.75 Å². The van der Waals surface area contributed by atoms with Crippen LogP contribution in [-0.4, -0.2) is 50.9 Å². The number of aromatic nitrogens is 3. The fraction of sp³-hybridized carbons (Fsp3) is 0.333. The van der Waals surface area contributed by atoms with Crippen LogP contribution in [0, 0.1) is 6.92 Å². The molecule has 0 radical (unpaired) electrons. The average Bonchev–Trinajstić information content (AvgIpc) is 3.44. The molecule has 2 aromatic carbocycles. The molecular formula is C24H27N5O3S. The van der Waals surface area contributed by atoms with Crippen molar-refractivity contribution in [2.24, 2.45) is 7.05 Å². The van der Waals surface area contributed by atoms with Crippen molar-refractivity contribution in [2.45, 2.75) is 31.0 Å². The van der Waals surface area contributed by atoms with Crippen molar-refractivity contribution in [3.05, 3.63) is 65.5 Å². The minimum Gasteiger partial charge on any atom is -0.497 e. The quantitative estimate of drug-likeness (QED) is 0.534.